The molecule has 2 aromatic rings. The molecule has 0 radical (unpaired) electrons. The third-order valence-corrected chi connectivity index (χ3v) is 2.94. The van der Waals surface area contributed by atoms with E-state index < -0.39 is 0 Å². The van der Waals surface area contributed by atoms with E-state index in [2.05, 4.69) is 65.2 Å². The van der Waals surface area contributed by atoms with Gasteiger partial charge in [0.15, 0.2) is 0 Å². The van der Waals surface area contributed by atoms with E-state index in [1.807, 2.05) is 19.1 Å². The van der Waals surface area contributed by atoms with Crippen LogP contribution in [0.2, 0.25) is 0 Å². The molecule has 0 unspecified atom stereocenters. The predicted octanol–water partition coefficient (Wildman–Crippen LogP) is 3.43. The van der Waals surface area contributed by atoms with Crippen LogP contribution in [0.4, 0.5) is 0 Å². The maximum atomic E-state index is 3.41. The van der Waals surface area contributed by atoms with Gasteiger partial charge in [-0.25, -0.2) is 0 Å². The number of allylic oxidation sites excluding steroid dienone is 1. The predicted molar refractivity (Wildman–Crippen MR) is 80.3 cm³/mol. The maximum Gasteiger partial charge on any atom is 0.0947 e. The van der Waals surface area contributed by atoms with Crippen molar-refractivity contribution in [2.45, 2.75) is 20.0 Å². The van der Waals surface area contributed by atoms with Crippen LogP contribution in [0.5, 0.6) is 0 Å². The van der Waals surface area contributed by atoms with Crippen LogP contribution < -0.4 is 10.6 Å². The van der Waals surface area contributed by atoms with Crippen molar-refractivity contribution in [3.05, 3.63) is 83.7 Å². The van der Waals surface area contributed by atoms with Crippen molar-refractivity contribution < 1.29 is 0 Å². The van der Waals surface area contributed by atoms with Gasteiger partial charge in [0.05, 0.1) is 5.82 Å². The molecule has 0 saturated carbocycles. The zero-order chi connectivity index (χ0) is 13.3. The molecule has 0 amide bonds. The standard InChI is InChI=1S/C17H20N2/c1-2-17(18-13-15-9-5-3-6-10-15)19-14-16-11-7-4-8-12-16/h2-12,18-19H,13-14H2,1H3. The SMILES string of the molecule is CC=C(NCc1ccccc1)NCc1ccccc1. The minimum absolute atomic E-state index is 0.836. The summed E-state index contributed by atoms with van der Waals surface area (Å²) in [4.78, 5) is 0. The Morgan fingerprint density at radius 1 is 0.789 bits per heavy atom. The molecule has 0 saturated heterocycles. The Morgan fingerprint density at radius 2 is 1.21 bits per heavy atom. The molecule has 0 aromatic heterocycles. The average molecular weight is 252 g/mol. The van der Waals surface area contributed by atoms with Gasteiger partial charge < -0.3 is 10.6 Å². The zero-order valence-corrected chi connectivity index (χ0v) is 11.3. The first-order valence-corrected chi connectivity index (χ1v) is 6.60. The van der Waals surface area contributed by atoms with Gasteiger partial charge in [0, 0.05) is 13.1 Å². The molecule has 0 fully saturated rings. The fourth-order valence-electron chi connectivity index (χ4n) is 1.85. The van der Waals surface area contributed by atoms with E-state index in [0.29, 0.717) is 0 Å². The van der Waals surface area contributed by atoms with Crippen LogP contribution in [0.3, 0.4) is 0 Å². The summed E-state index contributed by atoms with van der Waals surface area (Å²) >= 11 is 0. The lowest BCUT2D eigenvalue weighted by Crippen LogP contribution is -2.25. The number of benzene rings is 2. The fourth-order valence-corrected chi connectivity index (χ4v) is 1.85. The highest BCUT2D eigenvalue weighted by Crippen LogP contribution is 2.01. The Bertz CT molecular complexity index is 458. The summed E-state index contributed by atoms with van der Waals surface area (Å²) in [7, 11) is 0. The monoisotopic (exact) mass is 252 g/mol. The lowest BCUT2D eigenvalue weighted by molar-refractivity contribution is 0.679. The van der Waals surface area contributed by atoms with Gasteiger partial charge in [0.25, 0.3) is 0 Å². The molecule has 0 heterocycles. The largest absolute Gasteiger partial charge is 0.368 e. The van der Waals surface area contributed by atoms with Crippen LogP contribution in [0, 0.1) is 0 Å². The van der Waals surface area contributed by atoms with E-state index >= 15 is 0 Å². The second-order valence-electron chi connectivity index (χ2n) is 4.38. The van der Waals surface area contributed by atoms with Gasteiger partial charge in [-0.3, -0.25) is 0 Å². The molecule has 0 spiro atoms. The molecule has 0 bridgehead atoms. The van der Waals surface area contributed by atoms with Crippen LogP contribution in [0.1, 0.15) is 18.1 Å². The van der Waals surface area contributed by atoms with E-state index in [0.717, 1.165) is 18.9 Å². The minimum atomic E-state index is 0.836. The third-order valence-electron chi connectivity index (χ3n) is 2.94. The first-order chi connectivity index (χ1) is 9.38. The van der Waals surface area contributed by atoms with Gasteiger partial charge in [0.2, 0.25) is 0 Å². The van der Waals surface area contributed by atoms with E-state index in [4.69, 9.17) is 0 Å². The molecular weight excluding hydrogens is 232 g/mol. The molecule has 0 aliphatic heterocycles. The fraction of sp³-hybridized carbons (Fsp3) is 0.176. The first-order valence-electron chi connectivity index (χ1n) is 6.60. The Labute approximate surface area is 115 Å². The van der Waals surface area contributed by atoms with Crippen molar-refractivity contribution in [1.29, 1.82) is 0 Å². The number of nitrogens with one attached hydrogen (secondary N) is 2. The smallest absolute Gasteiger partial charge is 0.0947 e. The zero-order valence-electron chi connectivity index (χ0n) is 11.3. The van der Waals surface area contributed by atoms with E-state index in [1.54, 1.807) is 0 Å². The third kappa shape index (κ3) is 4.51. The Kier molecular flexibility index (Phi) is 5.06. The lowest BCUT2D eigenvalue weighted by atomic mass is 10.2. The topological polar surface area (TPSA) is 24.1 Å². The van der Waals surface area contributed by atoms with Crippen molar-refractivity contribution in [3.8, 4) is 0 Å². The summed E-state index contributed by atoms with van der Waals surface area (Å²) in [5.41, 5.74) is 2.56. The van der Waals surface area contributed by atoms with E-state index in [9.17, 15) is 0 Å². The number of hydrogen-bond acceptors (Lipinski definition) is 2. The normalized spacial score (nSPS) is 9.74. The molecule has 0 aliphatic carbocycles. The van der Waals surface area contributed by atoms with Gasteiger partial charge in [0.1, 0.15) is 0 Å². The van der Waals surface area contributed by atoms with E-state index in [-0.39, 0.29) is 0 Å². The summed E-state index contributed by atoms with van der Waals surface area (Å²) < 4.78 is 0. The number of hydrogen-bond donors (Lipinski definition) is 2. The second kappa shape index (κ2) is 7.27. The van der Waals surface area contributed by atoms with Crippen LogP contribution in [-0.4, -0.2) is 0 Å². The Morgan fingerprint density at radius 3 is 1.58 bits per heavy atom. The summed E-state index contributed by atoms with van der Waals surface area (Å²) in [5.74, 6) is 1.06. The summed E-state index contributed by atoms with van der Waals surface area (Å²) in [6, 6.07) is 20.8. The van der Waals surface area contributed by atoms with Crippen molar-refractivity contribution in [2.24, 2.45) is 0 Å². The maximum absolute atomic E-state index is 3.41. The summed E-state index contributed by atoms with van der Waals surface area (Å²) in [6.45, 7) is 3.70. The van der Waals surface area contributed by atoms with Gasteiger partial charge >= 0.3 is 0 Å². The van der Waals surface area contributed by atoms with Crippen LogP contribution in [0.25, 0.3) is 0 Å². The Hall–Kier alpha value is -2.22. The quantitative estimate of drug-likeness (QED) is 0.823. The molecule has 2 nitrogen and oxygen atoms in total. The molecule has 0 atom stereocenters. The summed E-state index contributed by atoms with van der Waals surface area (Å²) in [5, 5.41) is 6.81. The van der Waals surface area contributed by atoms with Gasteiger partial charge in [-0.1, -0.05) is 60.7 Å². The van der Waals surface area contributed by atoms with Crippen LogP contribution >= 0.6 is 0 Å². The lowest BCUT2D eigenvalue weighted by Gasteiger charge is -2.13. The van der Waals surface area contributed by atoms with E-state index in [1.165, 1.54) is 11.1 Å². The molecule has 2 heteroatoms. The highest BCUT2D eigenvalue weighted by Gasteiger charge is 1.96. The molecule has 98 valence electrons. The second-order valence-corrected chi connectivity index (χ2v) is 4.38. The average Bonchev–Trinajstić information content (AvgIpc) is 2.49. The molecule has 2 rings (SSSR count). The van der Waals surface area contributed by atoms with Gasteiger partial charge in [-0.2, -0.15) is 0 Å². The molecule has 2 N–H and O–H groups in total. The van der Waals surface area contributed by atoms with Crippen molar-refractivity contribution >= 4 is 0 Å². The molecule has 2 aromatic carbocycles. The van der Waals surface area contributed by atoms with Crippen molar-refractivity contribution in [2.75, 3.05) is 0 Å². The minimum Gasteiger partial charge on any atom is -0.368 e. The summed E-state index contributed by atoms with van der Waals surface area (Å²) in [6.07, 6.45) is 2.06. The van der Waals surface area contributed by atoms with Gasteiger partial charge in [-0.15, -0.1) is 0 Å². The highest BCUT2D eigenvalue weighted by molar-refractivity contribution is 5.17. The molecular formula is C17H20N2. The van der Waals surface area contributed by atoms with Crippen LogP contribution in [-0.2, 0) is 13.1 Å². The highest BCUT2D eigenvalue weighted by atomic mass is 15.1. The van der Waals surface area contributed by atoms with Crippen molar-refractivity contribution in [1.82, 2.24) is 10.6 Å². The number of rotatable bonds is 6. The first kappa shape index (κ1) is 13.2. The Balaban J connectivity index is 1.81. The van der Waals surface area contributed by atoms with Crippen LogP contribution in [0.15, 0.2) is 72.6 Å². The molecule has 19 heavy (non-hydrogen) atoms. The van der Waals surface area contributed by atoms with Gasteiger partial charge in [-0.05, 0) is 24.1 Å². The van der Waals surface area contributed by atoms with Crippen molar-refractivity contribution in [3.63, 3.8) is 0 Å². The molecule has 0 aliphatic rings.